The molecule has 0 aliphatic carbocycles. The van der Waals surface area contributed by atoms with Crippen molar-refractivity contribution in [2.24, 2.45) is 0 Å². The van der Waals surface area contributed by atoms with Gasteiger partial charge in [0, 0.05) is 13.1 Å². The van der Waals surface area contributed by atoms with Gasteiger partial charge in [-0.15, -0.1) is 0 Å². The lowest BCUT2D eigenvalue weighted by Gasteiger charge is -2.19. The summed E-state index contributed by atoms with van der Waals surface area (Å²) in [5.74, 6) is 0.812. The summed E-state index contributed by atoms with van der Waals surface area (Å²) < 4.78 is 5.93. The Morgan fingerprint density at radius 1 is 1.37 bits per heavy atom. The van der Waals surface area contributed by atoms with E-state index < -0.39 is 5.60 Å². The van der Waals surface area contributed by atoms with Crippen LogP contribution in [0.3, 0.4) is 0 Å². The van der Waals surface area contributed by atoms with Crippen LogP contribution in [-0.4, -0.2) is 29.8 Å². The first kappa shape index (κ1) is 15.8. The van der Waals surface area contributed by atoms with Crippen LogP contribution in [0.4, 0.5) is 10.6 Å². The first-order valence-electron chi connectivity index (χ1n) is 6.20. The molecule has 0 radical (unpaired) electrons. The van der Waals surface area contributed by atoms with Crippen molar-refractivity contribution in [3.05, 3.63) is 22.8 Å². The van der Waals surface area contributed by atoms with Crippen molar-refractivity contribution < 1.29 is 9.53 Å². The summed E-state index contributed by atoms with van der Waals surface area (Å²) in [6.07, 6.45) is 0.418. The predicted molar refractivity (Wildman–Crippen MR) is 79.3 cm³/mol. The normalized spacial score (nSPS) is 10.9. The molecule has 5 nitrogen and oxygen atoms in total. The molecule has 0 bridgehead atoms. The maximum Gasteiger partial charge on any atom is 0.407 e. The number of nitrogens with zero attached hydrogens (tertiary/aromatic N) is 1. The van der Waals surface area contributed by atoms with Gasteiger partial charge in [-0.25, -0.2) is 9.78 Å². The molecular formula is C13H20BrN3O2. The highest BCUT2D eigenvalue weighted by atomic mass is 79.9. The number of ether oxygens (including phenoxy) is 1. The first-order chi connectivity index (χ1) is 8.87. The van der Waals surface area contributed by atoms with E-state index in [0.29, 0.717) is 6.54 Å². The van der Waals surface area contributed by atoms with Crippen molar-refractivity contribution in [1.82, 2.24) is 10.3 Å². The molecule has 0 atom stereocenters. The number of hydrogen-bond acceptors (Lipinski definition) is 4. The minimum absolute atomic E-state index is 0.381. The highest BCUT2D eigenvalue weighted by Gasteiger charge is 2.15. The van der Waals surface area contributed by atoms with Gasteiger partial charge in [0.2, 0.25) is 0 Å². The SMILES string of the molecule is CC(C)(C)OC(=O)NCCCNc1cccc(Br)n1. The van der Waals surface area contributed by atoms with Crippen molar-refractivity contribution >= 4 is 27.8 Å². The highest BCUT2D eigenvalue weighted by molar-refractivity contribution is 9.10. The summed E-state index contributed by atoms with van der Waals surface area (Å²) in [6.45, 7) is 6.82. The van der Waals surface area contributed by atoms with Crippen LogP contribution in [0.15, 0.2) is 22.8 Å². The molecule has 106 valence electrons. The lowest BCUT2D eigenvalue weighted by atomic mass is 10.2. The van der Waals surface area contributed by atoms with Gasteiger partial charge >= 0.3 is 6.09 Å². The van der Waals surface area contributed by atoms with Crippen LogP contribution in [0, 0.1) is 0 Å². The van der Waals surface area contributed by atoms with Gasteiger partial charge in [0.1, 0.15) is 16.0 Å². The maximum absolute atomic E-state index is 11.4. The van der Waals surface area contributed by atoms with Gasteiger partial charge in [-0.05, 0) is 55.3 Å². The van der Waals surface area contributed by atoms with Crippen LogP contribution in [0.5, 0.6) is 0 Å². The molecule has 0 unspecified atom stereocenters. The average molecular weight is 330 g/mol. The number of alkyl carbamates (subject to hydrolysis) is 1. The Labute approximate surface area is 122 Å². The second-order valence-corrected chi connectivity index (χ2v) is 5.87. The molecule has 19 heavy (non-hydrogen) atoms. The first-order valence-corrected chi connectivity index (χ1v) is 6.99. The Kier molecular flexibility index (Phi) is 6.08. The minimum atomic E-state index is -0.456. The molecule has 1 amide bonds. The summed E-state index contributed by atoms with van der Waals surface area (Å²) in [6, 6.07) is 5.68. The second-order valence-electron chi connectivity index (χ2n) is 5.05. The van der Waals surface area contributed by atoms with E-state index in [0.717, 1.165) is 23.4 Å². The number of carbonyl (C=O) groups is 1. The molecule has 0 aromatic carbocycles. The molecule has 0 fully saturated rings. The van der Waals surface area contributed by atoms with Gasteiger partial charge in [0.05, 0.1) is 0 Å². The van der Waals surface area contributed by atoms with Gasteiger partial charge in [0.15, 0.2) is 0 Å². The van der Waals surface area contributed by atoms with E-state index in [9.17, 15) is 4.79 Å². The van der Waals surface area contributed by atoms with E-state index in [4.69, 9.17) is 4.74 Å². The van der Waals surface area contributed by atoms with Crippen LogP contribution in [0.25, 0.3) is 0 Å². The number of anilines is 1. The van der Waals surface area contributed by atoms with E-state index in [1.807, 2.05) is 39.0 Å². The molecule has 0 aliphatic rings. The topological polar surface area (TPSA) is 63.2 Å². The molecule has 1 rings (SSSR count). The van der Waals surface area contributed by atoms with E-state index in [2.05, 4.69) is 31.5 Å². The van der Waals surface area contributed by atoms with E-state index in [1.165, 1.54) is 0 Å². The zero-order valence-electron chi connectivity index (χ0n) is 11.5. The summed E-state index contributed by atoms with van der Waals surface area (Å²) in [5, 5.41) is 5.88. The summed E-state index contributed by atoms with van der Waals surface area (Å²) in [7, 11) is 0. The molecule has 0 spiro atoms. The summed E-state index contributed by atoms with van der Waals surface area (Å²) in [4.78, 5) is 15.6. The monoisotopic (exact) mass is 329 g/mol. The Bertz CT molecular complexity index is 419. The van der Waals surface area contributed by atoms with Crippen LogP contribution in [0.1, 0.15) is 27.2 Å². The number of pyridine rings is 1. The lowest BCUT2D eigenvalue weighted by Crippen LogP contribution is -2.33. The van der Waals surface area contributed by atoms with Crippen LogP contribution >= 0.6 is 15.9 Å². The minimum Gasteiger partial charge on any atom is -0.444 e. The number of halogens is 1. The number of hydrogen-bond donors (Lipinski definition) is 2. The third-order valence-electron chi connectivity index (χ3n) is 2.04. The summed E-state index contributed by atoms with van der Waals surface area (Å²) >= 11 is 3.31. The number of carbonyl (C=O) groups excluding carboxylic acids is 1. The largest absolute Gasteiger partial charge is 0.444 e. The smallest absolute Gasteiger partial charge is 0.407 e. The van der Waals surface area contributed by atoms with Gasteiger partial charge in [-0.3, -0.25) is 0 Å². The Balaban J connectivity index is 2.13. The Morgan fingerprint density at radius 2 is 2.11 bits per heavy atom. The fraction of sp³-hybridized carbons (Fsp3) is 0.538. The van der Waals surface area contributed by atoms with E-state index >= 15 is 0 Å². The van der Waals surface area contributed by atoms with Crippen molar-refractivity contribution in [1.29, 1.82) is 0 Å². The number of rotatable bonds is 5. The van der Waals surface area contributed by atoms with Crippen LogP contribution in [0.2, 0.25) is 0 Å². The van der Waals surface area contributed by atoms with Gasteiger partial charge in [0.25, 0.3) is 0 Å². The fourth-order valence-corrected chi connectivity index (χ4v) is 1.66. The van der Waals surface area contributed by atoms with Gasteiger partial charge in [-0.1, -0.05) is 6.07 Å². The summed E-state index contributed by atoms with van der Waals surface area (Å²) in [5.41, 5.74) is -0.456. The average Bonchev–Trinajstić information content (AvgIpc) is 2.26. The molecule has 0 aliphatic heterocycles. The number of aromatic nitrogens is 1. The Morgan fingerprint density at radius 3 is 2.74 bits per heavy atom. The lowest BCUT2D eigenvalue weighted by molar-refractivity contribution is 0.0528. The molecule has 6 heteroatoms. The zero-order chi connectivity index (χ0) is 14.3. The van der Waals surface area contributed by atoms with Crippen molar-refractivity contribution in [2.75, 3.05) is 18.4 Å². The molecule has 1 aromatic rings. The molecule has 2 N–H and O–H groups in total. The Hall–Kier alpha value is -1.30. The second kappa shape index (κ2) is 7.33. The predicted octanol–water partition coefficient (Wildman–Crippen LogP) is 3.17. The van der Waals surface area contributed by atoms with E-state index in [1.54, 1.807) is 0 Å². The van der Waals surface area contributed by atoms with Crippen LogP contribution < -0.4 is 10.6 Å². The zero-order valence-corrected chi connectivity index (χ0v) is 13.1. The van der Waals surface area contributed by atoms with Crippen molar-refractivity contribution in [2.45, 2.75) is 32.8 Å². The number of nitrogens with one attached hydrogen (secondary N) is 2. The van der Waals surface area contributed by atoms with E-state index in [-0.39, 0.29) is 6.09 Å². The third-order valence-corrected chi connectivity index (χ3v) is 2.48. The van der Waals surface area contributed by atoms with Gasteiger partial charge in [-0.2, -0.15) is 0 Å². The fourth-order valence-electron chi connectivity index (χ4n) is 1.32. The number of amides is 1. The molecule has 0 saturated heterocycles. The molecular weight excluding hydrogens is 310 g/mol. The standard InChI is InChI=1S/C13H20BrN3O2/c1-13(2,3)19-12(18)16-9-5-8-15-11-7-4-6-10(14)17-11/h4,6-7H,5,8-9H2,1-3H3,(H,15,17)(H,16,18). The highest BCUT2D eigenvalue weighted by Crippen LogP contribution is 2.09. The third kappa shape index (κ3) is 7.66. The van der Waals surface area contributed by atoms with Crippen molar-refractivity contribution in [3.8, 4) is 0 Å². The quantitative estimate of drug-likeness (QED) is 0.643. The molecule has 1 heterocycles. The molecule has 1 aromatic heterocycles. The molecule has 0 saturated carbocycles. The van der Waals surface area contributed by atoms with Crippen LogP contribution in [-0.2, 0) is 4.74 Å². The van der Waals surface area contributed by atoms with Gasteiger partial charge < -0.3 is 15.4 Å². The maximum atomic E-state index is 11.4. The van der Waals surface area contributed by atoms with Crippen molar-refractivity contribution in [3.63, 3.8) is 0 Å².